The minimum atomic E-state index is -0.883. The molecule has 3 nitrogen and oxygen atoms in total. The van der Waals surface area contributed by atoms with Gasteiger partial charge in [0.15, 0.2) is 0 Å². The highest BCUT2D eigenvalue weighted by Crippen LogP contribution is 2.20. The van der Waals surface area contributed by atoms with Crippen LogP contribution in [0.3, 0.4) is 0 Å². The van der Waals surface area contributed by atoms with Crippen LogP contribution in [-0.2, 0) is 0 Å². The molecule has 0 radical (unpaired) electrons. The van der Waals surface area contributed by atoms with Crippen molar-refractivity contribution in [3.8, 4) is 17.2 Å². The zero-order valence-corrected chi connectivity index (χ0v) is 14.7. The molecule has 0 aliphatic rings. The second kappa shape index (κ2) is 7.80. The maximum Gasteiger partial charge on any atom is 0.864 e. The van der Waals surface area contributed by atoms with Crippen LogP contribution in [0.4, 0.5) is 0 Å². The highest BCUT2D eigenvalue weighted by Gasteiger charge is 2.30. The van der Waals surface area contributed by atoms with E-state index in [1.807, 2.05) is 93.6 Å². The van der Waals surface area contributed by atoms with Crippen LogP contribution in [-0.4, -0.2) is 7.32 Å². The molecule has 0 atom stereocenters. The maximum absolute atomic E-state index is 5.93. The second-order valence-electron chi connectivity index (χ2n) is 6.09. The first kappa shape index (κ1) is 17.0. The van der Waals surface area contributed by atoms with E-state index >= 15 is 0 Å². The van der Waals surface area contributed by atoms with E-state index in [1.54, 1.807) is 0 Å². The molecule has 0 heterocycles. The number of rotatable bonds is 6. The standard InChI is InChI=1S/C21H21BO3/c1-16-10-12-19(13-11-16)23-22(24-20-8-4-6-17(2)14-20)25-21-9-5-7-18(3)15-21/h4-15H,1-3H3. The lowest BCUT2D eigenvalue weighted by molar-refractivity contribution is 0.307. The van der Waals surface area contributed by atoms with Gasteiger partial charge in [0.05, 0.1) is 0 Å². The summed E-state index contributed by atoms with van der Waals surface area (Å²) in [7, 11) is -0.883. The average molecular weight is 332 g/mol. The summed E-state index contributed by atoms with van der Waals surface area (Å²) in [6.45, 7) is 6.07. The third-order valence-electron chi connectivity index (χ3n) is 3.70. The fourth-order valence-corrected chi connectivity index (χ4v) is 2.40. The lowest BCUT2D eigenvalue weighted by Crippen LogP contribution is -2.37. The predicted molar refractivity (Wildman–Crippen MR) is 101 cm³/mol. The quantitative estimate of drug-likeness (QED) is 0.586. The molecule has 0 amide bonds. The summed E-state index contributed by atoms with van der Waals surface area (Å²) in [6.07, 6.45) is 0. The Morgan fingerprint density at radius 3 is 1.48 bits per heavy atom. The Kier molecular flexibility index (Phi) is 5.29. The summed E-state index contributed by atoms with van der Waals surface area (Å²) in [5, 5.41) is 0. The van der Waals surface area contributed by atoms with Crippen molar-refractivity contribution in [1.82, 2.24) is 0 Å². The third-order valence-corrected chi connectivity index (χ3v) is 3.70. The van der Waals surface area contributed by atoms with Gasteiger partial charge in [0.2, 0.25) is 0 Å². The first-order chi connectivity index (χ1) is 12.1. The van der Waals surface area contributed by atoms with Crippen LogP contribution < -0.4 is 14.0 Å². The summed E-state index contributed by atoms with van der Waals surface area (Å²) in [5.41, 5.74) is 3.40. The van der Waals surface area contributed by atoms with Crippen molar-refractivity contribution < 1.29 is 14.0 Å². The molecule has 0 fully saturated rings. The molecule has 25 heavy (non-hydrogen) atoms. The third kappa shape index (κ3) is 5.05. The van der Waals surface area contributed by atoms with E-state index in [0.29, 0.717) is 17.2 Å². The summed E-state index contributed by atoms with van der Waals surface area (Å²) in [4.78, 5) is 0. The Bertz CT molecular complexity index is 783. The normalized spacial score (nSPS) is 10.2. The van der Waals surface area contributed by atoms with E-state index in [9.17, 15) is 0 Å². The van der Waals surface area contributed by atoms with Crippen LogP contribution in [0.15, 0.2) is 72.8 Å². The highest BCUT2D eigenvalue weighted by atomic mass is 16.7. The zero-order chi connectivity index (χ0) is 17.6. The van der Waals surface area contributed by atoms with Gasteiger partial charge in [-0.1, -0.05) is 42.0 Å². The molecule has 4 heteroatoms. The van der Waals surface area contributed by atoms with E-state index in [-0.39, 0.29) is 0 Å². The van der Waals surface area contributed by atoms with Crippen molar-refractivity contribution in [3.63, 3.8) is 0 Å². The van der Waals surface area contributed by atoms with Crippen LogP contribution in [0.1, 0.15) is 16.7 Å². The molecule has 0 N–H and O–H groups in total. The highest BCUT2D eigenvalue weighted by molar-refractivity contribution is 6.39. The molecule has 126 valence electrons. The van der Waals surface area contributed by atoms with Crippen LogP contribution in [0.25, 0.3) is 0 Å². The Hall–Kier alpha value is -2.88. The Labute approximate surface area is 149 Å². The fraction of sp³-hybridized carbons (Fsp3) is 0.143. The van der Waals surface area contributed by atoms with Crippen molar-refractivity contribution in [3.05, 3.63) is 89.5 Å². The van der Waals surface area contributed by atoms with E-state index < -0.39 is 7.32 Å². The molecule has 0 saturated heterocycles. The van der Waals surface area contributed by atoms with E-state index in [4.69, 9.17) is 14.0 Å². The summed E-state index contributed by atoms with van der Waals surface area (Å²) >= 11 is 0. The summed E-state index contributed by atoms with van der Waals surface area (Å²) < 4.78 is 17.8. The van der Waals surface area contributed by atoms with Crippen molar-refractivity contribution in [2.75, 3.05) is 0 Å². The lowest BCUT2D eigenvalue weighted by Gasteiger charge is -2.17. The number of aryl methyl sites for hydroxylation is 3. The minimum absolute atomic E-state index is 0.691. The van der Waals surface area contributed by atoms with Crippen molar-refractivity contribution >= 4 is 7.32 Å². The Morgan fingerprint density at radius 2 is 1.00 bits per heavy atom. The largest absolute Gasteiger partial charge is 0.864 e. The van der Waals surface area contributed by atoms with Crippen molar-refractivity contribution in [1.29, 1.82) is 0 Å². The average Bonchev–Trinajstić information content (AvgIpc) is 2.57. The molecule has 0 aliphatic heterocycles. The van der Waals surface area contributed by atoms with Crippen LogP contribution >= 0.6 is 0 Å². The molecule has 0 bridgehead atoms. The number of hydrogen-bond acceptors (Lipinski definition) is 3. The molecular weight excluding hydrogens is 311 g/mol. The molecular formula is C21H21BO3. The van der Waals surface area contributed by atoms with Gasteiger partial charge in [0.1, 0.15) is 17.2 Å². The van der Waals surface area contributed by atoms with Gasteiger partial charge in [-0.25, -0.2) is 0 Å². The van der Waals surface area contributed by atoms with E-state index in [2.05, 4.69) is 0 Å². The summed E-state index contributed by atoms with van der Waals surface area (Å²) in [5.74, 6) is 2.09. The van der Waals surface area contributed by atoms with Gasteiger partial charge in [-0.15, -0.1) is 0 Å². The number of benzene rings is 3. The monoisotopic (exact) mass is 332 g/mol. The van der Waals surface area contributed by atoms with Gasteiger partial charge >= 0.3 is 7.32 Å². The molecule has 3 aromatic rings. The summed E-state index contributed by atoms with van der Waals surface area (Å²) in [6, 6.07) is 23.4. The minimum Gasteiger partial charge on any atom is -0.490 e. The first-order valence-corrected chi connectivity index (χ1v) is 8.28. The van der Waals surface area contributed by atoms with Crippen molar-refractivity contribution in [2.45, 2.75) is 20.8 Å². The van der Waals surface area contributed by atoms with Gasteiger partial charge in [0.25, 0.3) is 0 Å². The van der Waals surface area contributed by atoms with Crippen LogP contribution in [0.5, 0.6) is 17.2 Å². The SMILES string of the molecule is Cc1ccc(OB(Oc2cccc(C)c2)Oc2cccc(C)c2)cc1. The fourth-order valence-electron chi connectivity index (χ4n) is 2.40. The molecule has 3 rings (SSSR count). The molecule has 0 saturated carbocycles. The van der Waals surface area contributed by atoms with Gasteiger partial charge in [0, 0.05) is 0 Å². The first-order valence-electron chi connectivity index (χ1n) is 8.28. The molecule has 0 spiro atoms. The second-order valence-corrected chi connectivity index (χ2v) is 6.09. The molecule has 0 aliphatic carbocycles. The molecule has 0 unspecified atom stereocenters. The Balaban J connectivity index is 1.80. The van der Waals surface area contributed by atoms with Gasteiger partial charge in [-0.05, 0) is 68.3 Å². The Morgan fingerprint density at radius 1 is 0.520 bits per heavy atom. The molecule has 3 aromatic carbocycles. The lowest BCUT2D eigenvalue weighted by atomic mass is 10.1. The van der Waals surface area contributed by atoms with E-state index in [0.717, 1.165) is 11.1 Å². The van der Waals surface area contributed by atoms with Crippen LogP contribution in [0.2, 0.25) is 0 Å². The number of hydrogen-bond donors (Lipinski definition) is 0. The smallest absolute Gasteiger partial charge is 0.490 e. The predicted octanol–water partition coefficient (Wildman–Crippen LogP) is 5.13. The zero-order valence-electron chi connectivity index (χ0n) is 14.7. The van der Waals surface area contributed by atoms with Crippen molar-refractivity contribution in [2.24, 2.45) is 0 Å². The van der Waals surface area contributed by atoms with Crippen LogP contribution in [0, 0.1) is 20.8 Å². The van der Waals surface area contributed by atoms with Gasteiger partial charge in [-0.2, -0.15) is 0 Å². The van der Waals surface area contributed by atoms with Gasteiger partial charge < -0.3 is 14.0 Å². The molecule has 0 aromatic heterocycles. The topological polar surface area (TPSA) is 27.7 Å². The van der Waals surface area contributed by atoms with Gasteiger partial charge in [-0.3, -0.25) is 0 Å². The maximum atomic E-state index is 5.93. The van der Waals surface area contributed by atoms with E-state index in [1.165, 1.54) is 5.56 Å².